The van der Waals surface area contributed by atoms with Crippen LogP contribution in [0.3, 0.4) is 0 Å². The molecule has 0 aliphatic carbocycles. The van der Waals surface area contributed by atoms with E-state index in [0.717, 1.165) is 0 Å². The van der Waals surface area contributed by atoms with E-state index in [1.165, 1.54) is 24.3 Å². The van der Waals surface area contributed by atoms with Crippen molar-refractivity contribution in [3.05, 3.63) is 47.5 Å². The number of aromatic carboxylic acids is 1. The summed E-state index contributed by atoms with van der Waals surface area (Å²) in [5.74, 6) is -0.763. The van der Waals surface area contributed by atoms with Gasteiger partial charge in [0.15, 0.2) is 5.69 Å². The van der Waals surface area contributed by atoms with Crippen LogP contribution in [0.4, 0.5) is 0 Å². The highest BCUT2D eigenvalue weighted by atomic mass is 35.5. The van der Waals surface area contributed by atoms with Gasteiger partial charge in [-0.15, -0.1) is 5.10 Å². The lowest BCUT2D eigenvalue weighted by molar-refractivity contribution is 0.0690. The smallest absolute Gasteiger partial charge is 0.358 e. The number of halogens is 1. The molecule has 0 unspecified atom stereocenters. The largest absolute Gasteiger partial charge is 0.481 e. The molecule has 8 nitrogen and oxygen atoms in total. The summed E-state index contributed by atoms with van der Waals surface area (Å²) in [5, 5.41) is 16.9. The van der Waals surface area contributed by atoms with Crippen LogP contribution in [-0.4, -0.2) is 43.1 Å². The zero-order chi connectivity index (χ0) is 16.4. The van der Waals surface area contributed by atoms with E-state index >= 15 is 0 Å². The molecule has 1 N–H and O–H groups in total. The fraction of sp³-hybridized carbons (Fsp3) is 0.0714. The number of rotatable bonds is 4. The molecule has 0 saturated heterocycles. The van der Waals surface area contributed by atoms with Crippen molar-refractivity contribution in [3.8, 4) is 22.8 Å². The minimum Gasteiger partial charge on any atom is -0.481 e. The Morgan fingerprint density at radius 1 is 1.30 bits per heavy atom. The van der Waals surface area contributed by atoms with Gasteiger partial charge < -0.3 is 9.84 Å². The number of methoxy groups -OCH3 is 1. The monoisotopic (exact) mass is 331 g/mol. The summed E-state index contributed by atoms with van der Waals surface area (Å²) in [6, 6.07) is 6.71. The van der Waals surface area contributed by atoms with Crippen LogP contribution in [0.2, 0.25) is 5.02 Å². The Labute approximate surface area is 135 Å². The van der Waals surface area contributed by atoms with Crippen molar-refractivity contribution < 1.29 is 14.6 Å². The van der Waals surface area contributed by atoms with Gasteiger partial charge in [-0.25, -0.2) is 19.4 Å². The number of hydrogen-bond acceptors (Lipinski definition) is 6. The fourth-order valence-electron chi connectivity index (χ4n) is 1.99. The Bertz CT molecular complexity index is 880. The molecule has 0 amide bonds. The molecule has 2 aromatic heterocycles. The Hall–Kier alpha value is -3.00. The van der Waals surface area contributed by atoms with Crippen LogP contribution >= 0.6 is 11.6 Å². The second kappa shape index (κ2) is 6.01. The van der Waals surface area contributed by atoms with Crippen LogP contribution in [0.25, 0.3) is 16.9 Å². The Kier molecular flexibility index (Phi) is 3.90. The third-order valence-corrected chi connectivity index (χ3v) is 3.28. The quantitative estimate of drug-likeness (QED) is 0.780. The first-order chi connectivity index (χ1) is 11.1. The molecule has 3 rings (SSSR count). The highest BCUT2D eigenvalue weighted by Gasteiger charge is 2.14. The van der Waals surface area contributed by atoms with E-state index in [1.54, 1.807) is 24.3 Å². The zero-order valence-corrected chi connectivity index (χ0v) is 12.6. The predicted octanol–water partition coefficient (Wildman–Crippen LogP) is 2.08. The average molecular weight is 332 g/mol. The standard InChI is InChI=1S/C14H10ClN5O3/c1-23-13-5-10(16-7-17-13)9-4-8(15)2-3-12(9)20-6-11(14(21)22)18-19-20/h2-7H,1H3,(H,21,22). The number of hydrogen-bond donors (Lipinski definition) is 1. The number of ether oxygens (including phenoxy) is 1. The molecule has 0 bridgehead atoms. The number of carboxylic acids is 1. The summed E-state index contributed by atoms with van der Waals surface area (Å²) in [5.41, 5.74) is 1.61. The summed E-state index contributed by atoms with van der Waals surface area (Å²) in [4.78, 5) is 19.1. The topological polar surface area (TPSA) is 103 Å². The molecule has 0 radical (unpaired) electrons. The van der Waals surface area contributed by atoms with Crippen LogP contribution < -0.4 is 4.74 Å². The van der Waals surface area contributed by atoms with Gasteiger partial charge in [0.2, 0.25) is 5.88 Å². The van der Waals surface area contributed by atoms with Gasteiger partial charge in [0.1, 0.15) is 6.33 Å². The van der Waals surface area contributed by atoms with Crippen molar-refractivity contribution in [1.29, 1.82) is 0 Å². The van der Waals surface area contributed by atoms with Gasteiger partial charge in [0.05, 0.1) is 24.7 Å². The SMILES string of the molecule is COc1cc(-c2cc(Cl)ccc2-n2cc(C(=O)O)nn2)ncn1. The Balaban J connectivity index is 2.15. The summed E-state index contributed by atoms with van der Waals surface area (Å²) in [6.45, 7) is 0. The minimum absolute atomic E-state index is 0.161. The first-order valence-electron chi connectivity index (χ1n) is 6.40. The van der Waals surface area contributed by atoms with Gasteiger partial charge in [-0.3, -0.25) is 0 Å². The predicted molar refractivity (Wildman–Crippen MR) is 80.9 cm³/mol. The maximum atomic E-state index is 11.0. The second-order valence-electron chi connectivity index (χ2n) is 4.46. The molecular weight excluding hydrogens is 322 g/mol. The maximum Gasteiger partial charge on any atom is 0.358 e. The van der Waals surface area contributed by atoms with Gasteiger partial charge in [0, 0.05) is 16.7 Å². The van der Waals surface area contributed by atoms with Crippen LogP contribution in [0.5, 0.6) is 5.88 Å². The number of carboxylic acid groups (broad SMARTS) is 1. The Morgan fingerprint density at radius 2 is 2.13 bits per heavy atom. The molecule has 0 fully saturated rings. The third-order valence-electron chi connectivity index (χ3n) is 3.05. The summed E-state index contributed by atoms with van der Waals surface area (Å²) < 4.78 is 6.44. The lowest BCUT2D eigenvalue weighted by atomic mass is 10.1. The van der Waals surface area contributed by atoms with Crippen molar-refractivity contribution in [2.45, 2.75) is 0 Å². The highest BCUT2D eigenvalue weighted by Crippen LogP contribution is 2.29. The molecule has 1 aromatic carbocycles. The van der Waals surface area contributed by atoms with Gasteiger partial charge >= 0.3 is 5.97 Å². The molecule has 23 heavy (non-hydrogen) atoms. The van der Waals surface area contributed by atoms with Gasteiger partial charge in [-0.05, 0) is 18.2 Å². The van der Waals surface area contributed by atoms with E-state index in [9.17, 15) is 4.79 Å². The van der Waals surface area contributed by atoms with Crippen LogP contribution in [0, 0.1) is 0 Å². The second-order valence-corrected chi connectivity index (χ2v) is 4.90. The van der Waals surface area contributed by atoms with E-state index in [-0.39, 0.29) is 5.69 Å². The summed E-state index contributed by atoms with van der Waals surface area (Å²) in [6.07, 6.45) is 2.68. The average Bonchev–Trinajstić information content (AvgIpc) is 3.05. The molecule has 0 atom stereocenters. The fourth-order valence-corrected chi connectivity index (χ4v) is 2.16. The van der Waals surface area contributed by atoms with Crippen LogP contribution in [0.1, 0.15) is 10.5 Å². The van der Waals surface area contributed by atoms with E-state index < -0.39 is 5.97 Å². The van der Waals surface area contributed by atoms with Crippen molar-refractivity contribution >= 4 is 17.6 Å². The van der Waals surface area contributed by atoms with Crippen molar-refractivity contribution in [2.75, 3.05) is 7.11 Å². The number of carbonyl (C=O) groups is 1. The first kappa shape index (κ1) is 14.9. The van der Waals surface area contributed by atoms with E-state index in [2.05, 4.69) is 20.3 Å². The van der Waals surface area contributed by atoms with E-state index in [0.29, 0.717) is 27.8 Å². The lowest BCUT2D eigenvalue weighted by Gasteiger charge is -2.09. The molecule has 3 aromatic rings. The normalized spacial score (nSPS) is 10.5. The van der Waals surface area contributed by atoms with Crippen LogP contribution in [0.15, 0.2) is 36.8 Å². The molecule has 9 heteroatoms. The van der Waals surface area contributed by atoms with E-state index in [4.69, 9.17) is 21.4 Å². The molecular formula is C14H10ClN5O3. The maximum absolute atomic E-state index is 11.0. The van der Waals surface area contributed by atoms with Crippen LogP contribution in [-0.2, 0) is 0 Å². The molecule has 0 aliphatic heterocycles. The third kappa shape index (κ3) is 2.97. The van der Waals surface area contributed by atoms with E-state index in [1.807, 2.05) is 0 Å². The van der Waals surface area contributed by atoms with Crippen molar-refractivity contribution in [2.24, 2.45) is 0 Å². The Morgan fingerprint density at radius 3 is 2.83 bits per heavy atom. The number of aromatic nitrogens is 5. The summed E-state index contributed by atoms with van der Waals surface area (Å²) >= 11 is 6.07. The molecule has 0 aliphatic rings. The number of benzene rings is 1. The lowest BCUT2D eigenvalue weighted by Crippen LogP contribution is -2.00. The first-order valence-corrected chi connectivity index (χ1v) is 6.78. The highest BCUT2D eigenvalue weighted by molar-refractivity contribution is 6.31. The van der Waals surface area contributed by atoms with Crippen molar-refractivity contribution in [3.63, 3.8) is 0 Å². The van der Waals surface area contributed by atoms with Crippen molar-refractivity contribution in [1.82, 2.24) is 25.0 Å². The number of nitrogens with zero attached hydrogens (tertiary/aromatic N) is 5. The molecule has 2 heterocycles. The molecule has 0 spiro atoms. The van der Waals surface area contributed by atoms with Gasteiger partial charge in [-0.1, -0.05) is 16.8 Å². The zero-order valence-electron chi connectivity index (χ0n) is 11.8. The molecule has 0 saturated carbocycles. The minimum atomic E-state index is -1.16. The molecule has 116 valence electrons. The van der Waals surface area contributed by atoms with Gasteiger partial charge in [0.25, 0.3) is 0 Å². The van der Waals surface area contributed by atoms with Gasteiger partial charge in [-0.2, -0.15) is 0 Å². The summed E-state index contributed by atoms with van der Waals surface area (Å²) in [7, 11) is 1.50.